The van der Waals surface area contributed by atoms with Gasteiger partial charge in [-0.05, 0) is 53.3 Å². The molecule has 0 unspecified atom stereocenters. The second kappa shape index (κ2) is 10.5. The Morgan fingerprint density at radius 1 is 0.875 bits per heavy atom. The van der Waals surface area contributed by atoms with Crippen molar-refractivity contribution in [2.75, 3.05) is 7.11 Å². The molecular formula is C29H34F2O. The first-order valence-corrected chi connectivity index (χ1v) is 12.1. The minimum absolute atomic E-state index is 0.161. The van der Waals surface area contributed by atoms with E-state index in [9.17, 15) is 4.39 Å². The summed E-state index contributed by atoms with van der Waals surface area (Å²) in [7, 11) is 1.42. The summed E-state index contributed by atoms with van der Waals surface area (Å²) in [6, 6.07) is 14.3. The normalized spacial score (nSPS) is 18.8. The van der Waals surface area contributed by atoms with Crippen LogP contribution in [0.2, 0.25) is 0 Å². The highest BCUT2D eigenvalue weighted by Crippen LogP contribution is 2.35. The largest absolute Gasteiger partial charge is 0.494 e. The lowest BCUT2D eigenvalue weighted by molar-refractivity contribution is 0.250. The SMILES string of the molecule is CCCC[C@H]1CC[C@H](CCc2ccc3c(F)c(-c4ccc(OC)c(F)c4)ccc3c2)CC1. The molecule has 1 aliphatic carbocycles. The van der Waals surface area contributed by atoms with Crippen LogP contribution >= 0.6 is 0 Å². The standard InChI is InChI=1S/C29H34F2O/c1-3-4-5-20-6-8-21(9-7-20)10-11-22-12-15-25-23(18-22)13-16-26(29(25)31)24-14-17-28(32-2)27(30)19-24/h12-21H,3-11H2,1-2H3/t20-,21-. The van der Waals surface area contributed by atoms with Crippen LogP contribution in [-0.2, 0) is 6.42 Å². The van der Waals surface area contributed by atoms with Gasteiger partial charge < -0.3 is 4.74 Å². The number of hydrogen-bond donors (Lipinski definition) is 0. The fourth-order valence-corrected chi connectivity index (χ4v) is 5.23. The number of rotatable bonds is 8. The van der Waals surface area contributed by atoms with Crippen LogP contribution in [0.15, 0.2) is 48.5 Å². The number of aryl methyl sites for hydroxylation is 1. The first-order chi connectivity index (χ1) is 15.6. The predicted octanol–water partition coefficient (Wildman–Crippen LogP) is 8.72. The molecule has 32 heavy (non-hydrogen) atoms. The molecule has 0 spiro atoms. The van der Waals surface area contributed by atoms with Crippen molar-refractivity contribution in [1.82, 2.24) is 0 Å². The average molecular weight is 437 g/mol. The highest BCUT2D eigenvalue weighted by Gasteiger charge is 2.20. The van der Waals surface area contributed by atoms with Crippen molar-refractivity contribution in [1.29, 1.82) is 0 Å². The average Bonchev–Trinajstić information content (AvgIpc) is 2.82. The Hall–Kier alpha value is -2.42. The lowest BCUT2D eigenvalue weighted by Gasteiger charge is -2.28. The van der Waals surface area contributed by atoms with E-state index in [4.69, 9.17) is 4.74 Å². The maximum absolute atomic E-state index is 15.2. The summed E-state index contributed by atoms with van der Waals surface area (Å²) >= 11 is 0. The van der Waals surface area contributed by atoms with E-state index < -0.39 is 5.82 Å². The van der Waals surface area contributed by atoms with E-state index in [0.29, 0.717) is 16.5 Å². The zero-order valence-electron chi connectivity index (χ0n) is 19.3. The van der Waals surface area contributed by atoms with E-state index in [2.05, 4.69) is 19.1 Å². The zero-order valence-corrected chi connectivity index (χ0v) is 19.3. The predicted molar refractivity (Wildman–Crippen MR) is 129 cm³/mol. The van der Waals surface area contributed by atoms with Crippen molar-refractivity contribution < 1.29 is 13.5 Å². The molecule has 0 radical (unpaired) electrons. The zero-order chi connectivity index (χ0) is 22.5. The Bertz CT molecular complexity index is 1050. The minimum Gasteiger partial charge on any atom is -0.494 e. The van der Waals surface area contributed by atoms with Gasteiger partial charge in [0, 0.05) is 10.9 Å². The molecule has 1 nitrogen and oxygen atoms in total. The molecule has 3 heteroatoms. The topological polar surface area (TPSA) is 9.23 Å². The van der Waals surface area contributed by atoms with E-state index in [0.717, 1.165) is 23.6 Å². The molecule has 1 saturated carbocycles. The molecule has 0 bridgehead atoms. The van der Waals surface area contributed by atoms with Crippen LogP contribution in [0.4, 0.5) is 8.78 Å². The third-order valence-corrected chi connectivity index (χ3v) is 7.25. The van der Waals surface area contributed by atoms with Crippen molar-refractivity contribution in [2.24, 2.45) is 11.8 Å². The summed E-state index contributed by atoms with van der Waals surface area (Å²) in [6.07, 6.45) is 11.9. The number of halogens is 2. The van der Waals surface area contributed by atoms with E-state index in [1.54, 1.807) is 12.1 Å². The first-order valence-electron chi connectivity index (χ1n) is 12.1. The summed E-state index contributed by atoms with van der Waals surface area (Å²) in [4.78, 5) is 0. The van der Waals surface area contributed by atoms with Gasteiger partial charge in [0.1, 0.15) is 5.82 Å². The van der Waals surface area contributed by atoms with Gasteiger partial charge in [0.25, 0.3) is 0 Å². The first kappa shape index (κ1) is 22.8. The van der Waals surface area contributed by atoms with Crippen LogP contribution < -0.4 is 4.74 Å². The number of benzene rings is 3. The van der Waals surface area contributed by atoms with Gasteiger partial charge in [-0.2, -0.15) is 0 Å². The molecule has 0 aliphatic heterocycles. The van der Waals surface area contributed by atoms with Gasteiger partial charge in [-0.25, -0.2) is 8.78 Å². The summed E-state index contributed by atoms with van der Waals surface area (Å²) in [5.41, 5.74) is 2.20. The summed E-state index contributed by atoms with van der Waals surface area (Å²) in [5, 5.41) is 1.49. The van der Waals surface area contributed by atoms with Crippen molar-refractivity contribution in [3.05, 3.63) is 65.7 Å². The highest BCUT2D eigenvalue weighted by molar-refractivity contribution is 5.88. The van der Waals surface area contributed by atoms with Crippen molar-refractivity contribution in [3.63, 3.8) is 0 Å². The van der Waals surface area contributed by atoms with Crippen molar-refractivity contribution in [2.45, 2.75) is 64.7 Å². The van der Waals surface area contributed by atoms with E-state index >= 15 is 4.39 Å². The van der Waals surface area contributed by atoms with Crippen LogP contribution in [0, 0.1) is 23.5 Å². The molecule has 1 aliphatic rings. The highest BCUT2D eigenvalue weighted by atomic mass is 19.1. The molecule has 1 fully saturated rings. The summed E-state index contributed by atoms with van der Waals surface area (Å²) in [6.45, 7) is 2.28. The fourth-order valence-electron chi connectivity index (χ4n) is 5.23. The van der Waals surface area contributed by atoms with Crippen LogP contribution in [-0.4, -0.2) is 7.11 Å². The van der Waals surface area contributed by atoms with Gasteiger partial charge in [0.15, 0.2) is 11.6 Å². The maximum atomic E-state index is 15.2. The van der Waals surface area contributed by atoms with E-state index in [-0.39, 0.29) is 11.6 Å². The number of unbranched alkanes of at least 4 members (excludes halogenated alkanes) is 1. The Morgan fingerprint density at radius 3 is 2.31 bits per heavy atom. The van der Waals surface area contributed by atoms with Gasteiger partial charge >= 0.3 is 0 Å². The molecule has 3 aromatic rings. The Kier molecular flexibility index (Phi) is 7.44. The number of methoxy groups -OCH3 is 1. The maximum Gasteiger partial charge on any atom is 0.165 e. The van der Waals surface area contributed by atoms with Gasteiger partial charge in [-0.3, -0.25) is 0 Å². The molecule has 4 rings (SSSR count). The molecule has 0 N–H and O–H groups in total. The van der Waals surface area contributed by atoms with Crippen LogP contribution in [0.5, 0.6) is 5.75 Å². The van der Waals surface area contributed by atoms with Gasteiger partial charge in [0.2, 0.25) is 0 Å². The number of hydrogen-bond acceptors (Lipinski definition) is 1. The lowest BCUT2D eigenvalue weighted by Crippen LogP contribution is -2.15. The lowest BCUT2D eigenvalue weighted by atomic mass is 9.78. The molecule has 0 heterocycles. The minimum atomic E-state index is -0.487. The van der Waals surface area contributed by atoms with Crippen LogP contribution in [0.1, 0.15) is 63.9 Å². The van der Waals surface area contributed by atoms with E-state index in [1.165, 1.54) is 76.2 Å². The quantitative estimate of drug-likeness (QED) is 0.343. The second-order valence-electron chi connectivity index (χ2n) is 9.40. The molecule has 0 atom stereocenters. The van der Waals surface area contributed by atoms with Crippen molar-refractivity contribution in [3.8, 4) is 16.9 Å². The summed E-state index contributed by atoms with van der Waals surface area (Å²) < 4.78 is 34.3. The van der Waals surface area contributed by atoms with Crippen LogP contribution in [0.3, 0.4) is 0 Å². The summed E-state index contributed by atoms with van der Waals surface area (Å²) in [5.74, 6) is 1.15. The van der Waals surface area contributed by atoms with Gasteiger partial charge in [-0.15, -0.1) is 0 Å². The third-order valence-electron chi connectivity index (χ3n) is 7.25. The molecule has 0 amide bonds. The Morgan fingerprint density at radius 2 is 1.62 bits per heavy atom. The van der Waals surface area contributed by atoms with Gasteiger partial charge in [-0.1, -0.05) is 88.3 Å². The van der Waals surface area contributed by atoms with Crippen molar-refractivity contribution >= 4 is 10.8 Å². The monoisotopic (exact) mass is 436 g/mol. The Balaban J connectivity index is 1.43. The third kappa shape index (κ3) is 5.14. The molecular weight excluding hydrogens is 402 g/mol. The fraction of sp³-hybridized carbons (Fsp3) is 0.448. The molecule has 3 aromatic carbocycles. The number of fused-ring (bicyclic) bond motifs is 1. The molecule has 0 saturated heterocycles. The smallest absolute Gasteiger partial charge is 0.165 e. The molecule has 170 valence electrons. The molecule has 0 aromatic heterocycles. The van der Waals surface area contributed by atoms with Crippen LogP contribution in [0.25, 0.3) is 21.9 Å². The second-order valence-corrected chi connectivity index (χ2v) is 9.40. The van der Waals surface area contributed by atoms with E-state index in [1.807, 2.05) is 12.1 Å². The number of ether oxygens (including phenoxy) is 1. The Labute approximate surface area is 190 Å². The van der Waals surface area contributed by atoms with Gasteiger partial charge in [0.05, 0.1) is 7.11 Å².